The Morgan fingerprint density at radius 3 is 2.57 bits per heavy atom. The second-order valence-electron chi connectivity index (χ2n) is 5.36. The van der Waals surface area contributed by atoms with Crippen molar-refractivity contribution in [1.82, 2.24) is 0 Å². The molecule has 4 heteroatoms. The molecule has 122 valence electrons. The lowest BCUT2D eigenvalue weighted by Crippen LogP contribution is -2.07. The maximum atomic E-state index is 11.6. The number of thioether (sulfide) groups is 1. The molecule has 0 saturated carbocycles. The normalized spacial score (nSPS) is 10.4. The number of carbonyl (C=O) groups excluding carboxylic acids is 1. The minimum absolute atomic E-state index is 0.314. The van der Waals surface area contributed by atoms with Crippen molar-refractivity contribution in [1.29, 1.82) is 0 Å². The number of hydrogen-bond acceptors (Lipinski definition) is 4. The van der Waals surface area contributed by atoms with E-state index in [0.29, 0.717) is 12.4 Å². The standard InChI is InChI=1S/C19H22O3S/c1-5-15-7-6-8-18(22-19(20)23-4)16(15)12-21-17-10-9-13(2)11-14(17)3/h6-11H,5,12H2,1-4H3. The molecule has 0 heterocycles. The molecule has 0 aromatic heterocycles. The molecule has 0 aliphatic heterocycles. The summed E-state index contributed by atoms with van der Waals surface area (Å²) in [6.45, 7) is 6.55. The Morgan fingerprint density at radius 2 is 1.91 bits per heavy atom. The van der Waals surface area contributed by atoms with Crippen LogP contribution in [0.15, 0.2) is 36.4 Å². The maximum Gasteiger partial charge on any atom is 0.372 e. The van der Waals surface area contributed by atoms with Crippen molar-refractivity contribution in [3.05, 3.63) is 58.7 Å². The summed E-state index contributed by atoms with van der Waals surface area (Å²) < 4.78 is 11.4. The van der Waals surface area contributed by atoms with Crippen LogP contribution in [0.25, 0.3) is 0 Å². The van der Waals surface area contributed by atoms with E-state index in [1.165, 1.54) is 5.56 Å². The number of carbonyl (C=O) groups is 1. The summed E-state index contributed by atoms with van der Waals surface area (Å²) in [6, 6.07) is 11.9. The second-order valence-corrected chi connectivity index (χ2v) is 6.10. The van der Waals surface area contributed by atoms with Crippen LogP contribution in [0.1, 0.15) is 29.2 Å². The lowest BCUT2D eigenvalue weighted by molar-refractivity contribution is 0.225. The molecular formula is C19H22O3S. The summed E-state index contributed by atoms with van der Waals surface area (Å²) in [4.78, 5) is 11.6. The molecule has 2 aromatic rings. The van der Waals surface area contributed by atoms with Gasteiger partial charge in [-0.3, -0.25) is 0 Å². The van der Waals surface area contributed by atoms with Gasteiger partial charge in [-0.2, -0.15) is 0 Å². The minimum atomic E-state index is -0.314. The van der Waals surface area contributed by atoms with E-state index < -0.39 is 0 Å². The molecular weight excluding hydrogens is 308 g/mol. The number of aryl methyl sites for hydroxylation is 3. The fourth-order valence-electron chi connectivity index (χ4n) is 2.44. The molecule has 0 saturated heterocycles. The fraction of sp³-hybridized carbons (Fsp3) is 0.316. The Kier molecular flexibility index (Phi) is 6.11. The van der Waals surface area contributed by atoms with Crippen LogP contribution in [0, 0.1) is 13.8 Å². The number of rotatable bonds is 5. The van der Waals surface area contributed by atoms with Crippen molar-refractivity contribution in [2.24, 2.45) is 0 Å². The molecule has 3 nitrogen and oxygen atoms in total. The quantitative estimate of drug-likeness (QED) is 0.696. The van der Waals surface area contributed by atoms with Crippen LogP contribution in [0.5, 0.6) is 11.5 Å². The van der Waals surface area contributed by atoms with Crippen molar-refractivity contribution in [3.63, 3.8) is 0 Å². The van der Waals surface area contributed by atoms with Crippen molar-refractivity contribution in [2.45, 2.75) is 33.8 Å². The first kappa shape index (κ1) is 17.4. The Bertz CT molecular complexity index is 695. The van der Waals surface area contributed by atoms with Crippen molar-refractivity contribution < 1.29 is 14.3 Å². The van der Waals surface area contributed by atoms with Gasteiger partial charge in [-0.05, 0) is 61.5 Å². The van der Waals surface area contributed by atoms with Crippen LogP contribution in [0.4, 0.5) is 4.79 Å². The molecule has 0 aliphatic carbocycles. The molecule has 2 rings (SSSR count). The third kappa shape index (κ3) is 4.52. The smallest absolute Gasteiger partial charge is 0.372 e. The van der Waals surface area contributed by atoms with Gasteiger partial charge in [0, 0.05) is 5.56 Å². The van der Waals surface area contributed by atoms with E-state index in [1.54, 1.807) is 6.26 Å². The van der Waals surface area contributed by atoms with Crippen LogP contribution in [0.2, 0.25) is 0 Å². The van der Waals surface area contributed by atoms with Gasteiger partial charge in [0.2, 0.25) is 0 Å². The van der Waals surface area contributed by atoms with Gasteiger partial charge in [-0.25, -0.2) is 4.79 Å². The summed E-state index contributed by atoms with van der Waals surface area (Å²) in [6.07, 6.45) is 2.56. The highest BCUT2D eigenvalue weighted by molar-refractivity contribution is 8.12. The van der Waals surface area contributed by atoms with Gasteiger partial charge in [0.05, 0.1) is 0 Å². The predicted octanol–water partition coefficient (Wildman–Crippen LogP) is 5.31. The Hall–Kier alpha value is -1.94. The van der Waals surface area contributed by atoms with E-state index in [0.717, 1.165) is 40.6 Å². The summed E-state index contributed by atoms with van der Waals surface area (Å²) >= 11 is 1.06. The summed E-state index contributed by atoms with van der Waals surface area (Å²) in [5.74, 6) is 1.43. The highest BCUT2D eigenvalue weighted by atomic mass is 32.2. The summed E-state index contributed by atoms with van der Waals surface area (Å²) in [7, 11) is 0. The van der Waals surface area contributed by atoms with Crippen LogP contribution in [-0.4, -0.2) is 11.6 Å². The summed E-state index contributed by atoms with van der Waals surface area (Å²) in [5, 5.41) is -0.314. The van der Waals surface area contributed by atoms with E-state index in [2.05, 4.69) is 19.9 Å². The average molecular weight is 330 g/mol. The highest BCUT2D eigenvalue weighted by Gasteiger charge is 2.13. The zero-order valence-electron chi connectivity index (χ0n) is 14.0. The molecule has 0 radical (unpaired) electrons. The monoisotopic (exact) mass is 330 g/mol. The van der Waals surface area contributed by atoms with Crippen molar-refractivity contribution in [3.8, 4) is 11.5 Å². The predicted molar refractivity (Wildman–Crippen MR) is 95.6 cm³/mol. The molecule has 0 aliphatic rings. The summed E-state index contributed by atoms with van der Waals surface area (Å²) in [5.41, 5.74) is 4.36. The van der Waals surface area contributed by atoms with Gasteiger partial charge in [0.25, 0.3) is 0 Å². The van der Waals surface area contributed by atoms with Gasteiger partial charge in [0.15, 0.2) is 0 Å². The minimum Gasteiger partial charge on any atom is -0.488 e. The number of benzene rings is 2. The lowest BCUT2D eigenvalue weighted by atomic mass is 10.0. The molecule has 0 unspecified atom stereocenters. The van der Waals surface area contributed by atoms with Gasteiger partial charge >= 0.3 is 5.30 Å². The van der Waals surface area contributed by atoms with Crippen molar-refractivity contribution in [2.75, 3.05) is 6.26 Å². The Morgan fingerprint density at radius 1 is 1.13 bits per heavy atom. The van der Waals surface area contributed by atoms with Gasteiger partial charge in [-0.15, -0.1) is 0 Å². The van der Waals surface area contributed by atoms with E-state index in [1.807, 2.05) is 37.3 Å². The van der Waals surface area contributed by atoms with Gasteiger partial charge < -0.3 is 9.47 Å². The van der Waals surface area contributed by atoms with E-state index in [9.17, 15) is 4.79 Å². The van der Waals surface area contributed by atoms with E-state index in [4.69, 9.17) is 9.47 Å². The molecule has 0 atom stereocenters. The number of hydrogen-bond donors (Lipinski definition) is 0. The van der Waals surface area contributed by atoms with E-state index in [-0.39, 0.29) is 5.30 Å². The zero-order valence-corrected chi connectivity index (χ0v) is 14.8. The highest BCUT2D eigenvalue weighted by Crippen LogP contribution is 2.27. The van der Waals surface area contributed by atoms with Crippen LogP contribution >= 0.6 is 11.8 Å². The first-order valence-corrected chi connectivity index (χ1v) is 8.84. The Labute approximate surface area is 142 Å². The molecule has 2 aromatic carbocycles. The molecule has 0 spiro atoms. The fourth-order valence-corrected chi connectivity index (χ4v) is 2.62. The molecule has 0 amide bonds. The topological polar surface area (TPSA) is 35.5 Å². The van der Waals surface area contributed by atoms with Crippen LogP contribution in [-0.2, 0) is 13.0 Å². The van der Waals surface area contributed by atoms with Crippen LogP contribution in [0.3, 0.4) is 0 Å². The first-order valence-electron chi connectivity index (χ1n) is 7.61. The third-order valence-electron chi connectivity index (χ3n) is 3.67. The van der Waals surface area contributed by atoms with Gasteiger partial charge in [-0.1, -0.05) is 36.8 Å². The third-order valence-corrected chi connectivity index (χ3v) is 4.09. The molecule has 0 N–H and O–H groups in total. The molecule has 0 fully saturated rings. The molecule has 0 bridgehead atoms. The number of ether oxygens (including phenoxy) is 2. The first-order chi connectivity index (χ1) is 11.0. The van der Waals surface area contributed by atoms with Crippen molar-refractivity contribution >= 4 is 17.1 Å². The largest absolute Gasteiger partial charge is 0.488 e. The molecule has 23 heavy (non-hydrogen) atoms. The second kappa shape index (κ2) is 8.06. The van der Waals surface area contributed by atoms with Gasteiger partial charge in [0.1, 0.15) is 18.1 Å². The lowest BCUT2D eigenvalue weighted by Gasteiger charge is -2.15. The maximum absolute atomic E-state index is 11.6. The van der Waals surface area contributed by atoms with E-state index >= 15 is 0 Å². The Balaban J connectivity index is 2.24. The SMILES string of the molecule is CCc1cccc(OC(=O)SC)c1COc1ccc(C)cc1C. The zero-order chi connectivity index (χ0) is 16.8. The van der Waals surface area contributed by atoms with Crippen LogP contribution < -0.4 is 9.47 Å². The average Bonchev–Trinajstić information content (AvgIpc) is 2.54.